The molecular weight excluding hydrogens is 241 g/mol. The van der Waals surface area contributed by atoms with E-state index in [1.807, 2.05) is 0 Å². The molecule has 0 fully saturated rings. The summed E-state index contributed by atoms with van der Waals surface area (Å²) in [4.78, 5) is 0. The van der Waals surface area contributed by atoms with Gasteiger partial charge in [-0.2, -0.15) is 0 Å². The molecule has 0 aliphatic carbocycles. The van der Waals surface area contributed by atoms with Crippen molar-refractivity contribution in [1.82, 2.24) is 5.23 Å². The van der Waals surface area contributed by atoms with Crippen LogP contribution in [0.15, 0.2) is 0 Å². The second kappa shape index (κ2) is 19.0. The Kier molecular flexibility index (Phi) is 19.0. The van der Waals surface area contributed by atoms with Crippen molar-refractivity contribution in [3.8, 4) is 0 Å². The Morgan fingerprint density at radius 1 is 0.500 bits per heavy atom. The molecule has 1 nitrogen and oxygen atoms in total. The van der Waals surface area contributed by atoms with E-state index in [9.17, 15) is 0 Å². The molecule has 0 rings (SSSR count). The zero-order valence-corrected chi connectivity index (χ0v) is 14.1. The van der Waals surface area contributed by atoms with E-state index in [-0.39, 0.29) is 0 Å². The third-order valence-electron chi connectivity index (χ3n) is 4.17. The molecule has 2 radical (unpaired) electrons. The van der Waals surface area contributed by atoms with E-state index >= 15 is 0 Å². The Balaban J connectivity index is 2.89. The molecule has 0 aromatic rings. The molecule has 1 N–H and O–H groups in total. The molecule has 0 aromatic heterocycles. The maximum Gasteiger partial charge on any atom is 0.177 e. The molecular formula is C18H38BN. The van der Waals surface area contributed by atoms with Crippen LogP contribution in [0.5, 0.6) is 0 Å². The van der Waals surface area contributed by atoms with Crippen molar-refractivity contribution in [2.24, 2.45) is 0 Å². The van der Waals surface area contributed by atoms with Crippen LogP contribution in [-0.4, -0.2) is 14.5 Å². The maximum absolute atomic E-state index is 5.24. The summed E-state index contributed by atoms with van der Waals surface area (Å²) in [5.41, 5.74) is 0. The summed E-state index contributed by atoms with van der Waals surface area (Å²) < 4.78 is 0. The highest BCUT2D eigenvalue weighted by Gasteiger charge is 1.94. The van der Waals surface area contributed by atoms with Crippen LogP contribution in [0.2, 0.25) is 0 Å². The van der Waals surface area contributed by atoms with Gasteiger partial charge in [-0.15, -0.1) is 0 Å². The van der Waals surface area contributed by atoms with E-state index in [0.717, 1.165) is 6.54 Å². The van der Waals surface area contributed by atoms with Crippen molar-refractivity contribution in [3.05, 3.63) is 0 Å². The first-order valence-electron chi connectivity index (χ1n) is 9.35. The fourth-order valence-corrected chi connectivity index (χ4v) is 2.78. The quantitative estimate of drug-likeness (QED) is 0.257. The average Bonchev–Trinajstić information content (AvgIpc) is 2.47. The summed E-state index contributed by atoms with van der Waals surface area (Å²) >= 11 is 0. The third-order valence-corrected chi connectivity index (χ3v) is 4.17. The SMILES string of the molecule is [B]NCCCCCCCCCCCCCCCCCC. The van der Waals surface area contributed by atoms with Crippen LogP contribution in [0.1, 0.15) is 110 Å². The van der Waals surface area contributed by atoms with Gasteiger partial charge in [-0.05, 0) is 13.0 Å². The van der Waals surface area contributed by atoms with Crippen molar-refractivity contribution >= 4 is 7.98 Å². The average molecular weight is 279 g/mol. The fraction of sp³-hybridized carbons (Fsp3) is 1.00. The highest BCUT2D eigenvalue weighted by atomic mass is 14.7. The minimum Gasteiger partial charge on any atom is -0.366 e. The topological polar surface area (TPSA) is 12.0 Å². The van der Waals surface area contributed by atoms with Crippen LogP contribution in [0.3, 0.4) is 0 Å². The lowest BCUT2D eigenvalue weighted by Gasteiger charge is -2.03. The molecule has 0 spiro atoms. The molecule has 0 heterocycles. The van der Waals surface area contributed by atoms with E-state index in [1.54, 1.807) is 0 Å². The molecule has 0 unspecified atom stereocenters. The monoisotopic (exact) mass is 279 g/mol. The van der Waals surface area contributed by atoms with Crippen molar-refractivity contribution < 1.29 is 0 Å². The zero-order valence-electron chi connectivity index (χ0n) is 14.1. The number of unbranched alkanes of at least 4 members (excludes halogenated alkanes) is 15. The number of nitrogens with one attached hydrogen (secondary N) is 1. The molecule has 0 aliphatic heterocycles. The van der Waals surface area contributed by atoms with Crippen LogP contribution >= 0.6 is 0 Å². The Hall–Kier alpha value is 0.0249. The molecule has 0 atom stereocenters. The molecule has 0 aliphatic rings. The summed E-state index contributed by atoms with van der Waals surface area (Å²) in [7, 11) is 5.24. The van der Waals surface area contributed by atoms with Gasteiger partial charge < -0.3 is 5.23 Å². The number of rotatable bonds is 17. The molecule has 0 saturated heterocycles. The van der Waals surface area contributed by atoms with Crippen LogP contribution in [0.4, 0.5) is 0 Å². The van der Waals surface area contributed by atoms with E-state index < -0.39 is 0 Å². The lowest BCUT2D eigenvalue weighted by molar-refractivity contribution is 0.529. The molecule has 2 heteroatoms. The first-order valence-corrected chi connectivity index (χ1v) is 9.35. The van der Waals surface area contributed by atoms with Gasteiger partial charge in [0.1, 0.15) is 0 Å². The second-order valence-corrected chi connectivity index (χ2v) is 6.26. The first-order chi connectivity index (χ1) is 9.91. The minimum atomic E-state index is 0.971. The van der Waals surface area contributed by atoms with Gasteiger partial charge in [0, 0.05) is 0 Å². The van der Waals surface area contributed by atoms with Gasteiger partial charge in [0.05, 0.1) is 0 Å². The Morgan fingerprint density at radius 3 is 1.10 bits per heavy atom. The van der Waals surface area contributed by atoms with Crippen LogP contribution in [0, 0.1) is 0 Å². The van der Waals surface area contributed by atoms with Gasteiger partial charge in [-0.1, -0.05) is 103 Å². The van der Waals surface area contributed by atoms with Gasteiger partial charge in [-0.25, -0.2) is 0 Å². The lowest BCUT2D eigenvalue weighted by atomic mass is 10.0. The fourth-order valence-electron chi connectivity index (χ4n) is 2.78. The van der Waals surface area contributed by atoms with E-state index in [0.29, 0.717) is 0 Å². The second-order valence-electron chi connectivity index (χ2n) is 6.26. The molecule has 0 saturated carbocycles. The van der Waals surface area contributed by atoms with Crippen molar-refractivity contribution in [2.45, 2.75) is 110 Å². The third kappa shape index (κ3) is 18.0. The van der Waals surface area contributed by atoms with Gasteiger partial charge in [0.2, 0.25) is 0 Å². The normalized spacial score (nSPS) is 11.1. The minimum absolute atomic E-state index is 0.971. The van der Waals surface area contributed by atoms with Gasteiger partial charge >= 0.3 is 0 Å². The van der Waals surface area contributed by atoms with Crippen molar-refractivity contribution in [3.63, 3.8) is 0 Å². The van der Waals surface area contributed by atoms with Crippen LogP contribution in [-0.2, 0) is 0 Å². The van der Waals surface area contributed by atoms with Crippen LogP contribution in [0.25, 0.3) is 0 Å². The smallest absolute Gasteiger partial charge is 0.177 e. The summed E-state index contributed by atoms with van der Waals surface area (Å²) in [6, 6.07) is 0. The standard InChI is InChI=1S/C18H38BN/c1-2-3-4-5-6-7-8-9-10-11-12-13-14-15-16-17-18-20-19/h20H,2-18H2,1H3. The number of hydrogen-bond acceptors (Lipinski definition) is 1. The number of hydrogen-bond donors (Lipinski definition) is 1. The Labute approximate surface area is 130 Å². The predicted octanol–water partition coefficient (Wildman–Crippen LogP) is 5.92. The summed E-state index contributed by atoms with van der Waals surface area (Å²) in [5, 5.41) is 2.72. The highest BCUT2D eigenvalue weighted by molar-refractivity contribution is 6.04. The lowest BCUT2D eigenvalue weighted by Crippen LogP contribution is -2.09. The van der Waals surface area contributed by atoms with E-state index in [1.165, 1.54) is 103 Å². The van der Waals surface area contributed by atoms with Gasteiger partial charge in [0.25, 0.3) is 0 Å². The summed E-state index contributed by atoms with van der Waals surface area (Å²) in [6.45, 7) is 3.26. The largest absolute Gasteiger partial charge is 0.366 e. The zero-order chi connectivity index (χ0) is 14.7. The molecule has 0 bridgehead atoms. The maximum atomic E-state index is 5.24. The highest BCUT2D eigenvalue weighted by Crippen LogP contribution is 2.13. The molecule has 0 aromatic carbocycles. The Morgan fingerprint density at radius 2 is 0.800 bits per heavy atom. The first kappa shape index (κ1) is 20.0. The van der Waals surface area contributed by atoms with Gasteiger partial charge in [0.15, 0.2) is 7.98 Å². The summed E-state index contributed by atoms with van der Waals surface area (Å²) in [5.74, 6) is 0. The Bertz CT molecular complexity index is 143. The van der Waals surface area contributed by atoms with Crippen molar-refractivity contribution in [1.29, 1.82) is 0 Å². The molecule has 0 amide bonds. The van der Waals surface area contributed by atoms with Crippen LogP contribution < -0.4 is 5.23 Å². The van der Waals surface area contributed by atoms with Gasteiger partial charge in [-0.3, -0.25) is 0 Å². The summed E-state index contributed by atoms with van der Waals surface area (Å²) in [6.07, 6.45) is 22.8. The molecule has 20 heavy (non-hydrogen) atoms. The molecule has 118 valence electrons. The van der Waals surface area contributed by atoms with E-state index in [4.69, 9.17) is 7.98 Å². The van der Waals surface area contributed by atoms with E-state index in [2.05, 4.69) is 12.2 Å². The van der Waals surface area contributed by atoms with Crippen molar-refractivity contribution in [2.75, 3.05) is 6.54 Å². The predicted molar refractivity (Wildman–Crippen MR) is 93.3 cm³/mol.